The zero-order valence-electron chi connectivity index (χ0n) is 71.8. The van der Waals surface area contributed by atoms with E-state index in [4.69, 9.17) is 19.4 Å². The standard InChI is InChI=1S/C42H29N3.C41H29N3.C37H26N2O/c1-28-38(20-11-22-43-28)44-23-21-31-25-42-37(27-40(31)44)35-17-8-7-16-34(35)36-18-9-10-19-39(36)45(42)41-26-32(29-12-3-2-4-13-29)24-30-14-5-6-15-33(30)41;1-41(2)34-18-8-5-14-29(34)27-12-3-4-13-28(27)33-24-26-21-23-44(38(26)25-35(33)41)37-20-10-7-16-31(37)40-32-17-11-22-42-39(32)30-15-6-9-19-36(30)43-40;1-23-24(2)40-37-22-36-32(21-31(23)37)29-14-5-4-13-28(29)30-15-6-8-17-35(30)39(36)27-12-9-11-26(20-27)34-19-18-25-10-3-7-16-33(25)38-34/h2-27H,1H3;3-25H,1-2H3;3-22H,1-2H3. The molecule has 16 aromatic carbocycles. The predicted molar refractivity (Wildman–Crippen MR) is 536 cm³/mol. The number of furan rings is 1. The summed E-state index contributed by atoms with van der Waals surface area (Å²) >= 11 is 0. The number of anilines is 6. The maximum Gasteiger partial charge on any atom is 0.136 e. The molecule has 7 aromatic heterocycles. The van der Waals surface area contributed by atoms with Gasteiger partial charge in [0.15, 0.2) is 0 Å². The minimum absolute atomic E-state index is 0.199. The van der Waals surface area contributed by atoms with Crippen LogP contribution in [0.25, 0.3) is 188 Å². The third-order valence-electron chi connectivity index (χ3n) is 26.8. The minimum atomic E-state index is -0.199. The van der Waals surface area contributed by atoms with Gasteiger partial charge < -0.3 is 23.4 Å². The first-order chi connectivity index (χ1) is 63.5. The summed E-state index contributed by atoms with van der Waals surface area (Å²) in [6, 6.07) is 142. The molecular formula is C120H84N8O. The van der Waals surface area contributed by atoms with E-state index in [-0.39, 0.29) is 5.41 Å². The van der Waals surface area contributed by atoms with Crippen molar-refractivity contribution in [1.82, 2.24) is 29.1 Å². The van der Waals surface area contributed by atoms with Crippen LogP contribution in [0.2, 0.25) is 0 Å². The quantitative estimate of drug-likeness (QED) is 0.147. The lowest BCUT2D eigenvalue weighted by molar-refractivity contribution is 0.575. The highest BCUT2D eigenvalue weighted by Crippen LogP contribution is 2.57. The van der Waals surface area contributed by atoms with Crippen LogP contribution in [-0.4, -0.2) is 29.1 Å². The number of rotatable bonds is 7. The molecule has 9 nitrogen and oxygen atoms in total. The van der Waals surface area contributed by atoms with Crippen molar-refractivity contribution in [2.45, 2.75) is 40.0 Å². The number of nitrogens with zero attached hydrogens (tertiary/aromatic N) is 8. The number of aryl methyl sites for hydroxylation is 3. The Balaban J connectivity index is 0.000000108. The molecule has 0 atom stereocenters. The molecule has 0 unspecified atom stereocenters. The molecule has 0 saturated carbocycles. The SMILES string of the molecule is CC1(C)c2ccccc2-c2ccccc2-c2cc3ccn(-c4ccccc4-c4nc5ccccc5c5ncccc45)c3cc21.Cc1ncccc1-n1ccc2cc3c(cc21)-c1ccccc1-c1ccccc1N3c1cc(-c2ccccc2)cc2ccccc12.Cc1oc2cc3c(cc2c1C)-c1ccccc1-c1ccccc1N3c1cccc(-c2ccc3ccccc3n2)c1. The Morgan fingerprint density at radius 3 is 1.55 bits per heavy atom. The Hall–Kier alpha value is -16.6. The molecule has 0 saturated heterocycles. The van der Waals surface area contributed by atoms with E-state index in [1.165, 1.54) is 127 Å². The van der Waals surface area contributed by atoms with Crippen molar-refractivity contribution in [2.75, 3.05) is 9.80 Å². The van der Waals surface area contributed by atoms with Gasteiger partial charge in [0.25, 0.3) is 0 Å². The lowest BCUT2D eigenvalue weighted by Gasteiger charge is -2.29. The van der Waals surface area contributed by atoms with E-state index in [0.29, 0.717) is 0 Å². The van der Waals surface area contributed by atoms with Crippen LogP contribution in [0.15, 0.2) is 424 Å². The molecule has 0 spiro atoms. The Morgan fingerprint density at radius 2 is 0.814 bits per heavy atom. The molecule has 9 heteroatoms. The van der Waals surface area contributed by atoms with Crippen molar-refractivity contribution < 1.29 is 4.42 Å². The number of fused-ring (bicyclic) bond motifs is 23. The van der Waals surface area contributed by atoms with Crippen LogP contribution < -0.4 is 9.80 Å². The molecule has 610 valence electrons. The predicted octanol–water partition coefficient (Wildman–Crippen LogP) is 32.0. The Morgan fingerprint density at radius 1 is 0.279 bits per heavy atom. The highest BCUT2D eigenvalue weighted by atomic mass is 16.3. The van der Waals surface area contributed by atoms with Gasteiger partial charge in [0.1, 0.15) is 11.3 Å². The third kappa shape index (κ3) is 12.7. The maximum atomic E-state index is 6.26. The minimum Gasteiger partial charge on any atom is -0.461 e. The average molecular weight is 1650 g/mol. The molecule has 1 aliphatic carbocycles. The van der Waals surface area contributed by atoms with Gasteiger partial charge in [-0.3, -0.25) is 9.97 Å². The number of hydrogen-bond acceptors (Lipinski definition) is 7. The summed E-state index contributed by atoms with van der Waals surface area (Å²) in [4.78, 5) is 24.5. The van der Waals surface area contributed by atoms with Gasteiger partial charge >= 0.3 is 0 Å². The molecule has 129 heavy (non-hydrogen) atoms. The fourth-order valence-corrected chi connectivity index (χ4v) is 20.4. The van der Waals surface area contributed by atoms with E-state index in [2.05, 4.69) is 434 Å². The lowest BCUT2D eigenvalue weighted by atomic mass is 9.75. The van der Waals surface area contributed by atoms with Crippen molar-refractivity contribution in [1.29, 1.82) is 0 Å². The Bertz CT molecular complexity index is 8500. The first-order valence-corrected chi connectivity index (χ1v) is 44.2. The summed E-state index contributed by atoms with van der Waals surface area (Å²) in [6.45, 7) is 11.0. The van der Waals surface area contributed by atoms with Crippen LogP contribution in [-0.2, 0) is 5.41 Å². The van der Waals surface area contributed by atoms with Crippen molar-refractivity contribution in [3.63, 3.8) is 0 Å². The number of benzene rings is 16. The highest BCUT2D eigenvalue weighted by molar-refractivity contribution is 6.13. The van der Waals surface area contributed by atoms with Crippen LogP contribution >= 0.6 is 0 Å². The largest absolute Gasteiger partial charge is 0.461 e. The monoisotopic (exact) mass is 1650 g/mol. The number of aromatic nitrogens is 6. The van der Waals surface area contributed by atoms with Crippen molar-refractivity contribution in [2.24, 2.45) is 0 Å². The molecule has 0 amide bonds. The topological polar surface area (TPSA) is 81.0 Å². The van der Waals surface area contributed by atoms with Crippen LogP contribution in [0.1, 0.15) is 42.0 Å². The number of para-hydroxylation sites is 5. The first-order valence-electron chi connectivity index (χ1n) is 44.2. The van der Waals surface area contributed by atoms with Crippen molar-refractivity contribution in [3.05, 3.63) is 447 Å². The van der Waals surface area contributed by atoms with E-state index in [1.54, 1.807) is 0 Å². The summed E-state index contributed by atoms with van der Waals surface area (Å²) in [5, 5.41) is 9.26. The Labute approximate surface area is 747 Å². The van der Waals surface area contributed by atoms with Gasteiger partial charge in [0.2, 0.25) is 0 Å². The molecule has 9 heterocycles. The van der Waals surface area contributed by atoms with E-state index in [0.717, 1.165) is 123 Å². The molecule has 0 N–H and O–H groups in total. The fraction of sp³-hybridized carbons (Fsp3) is 0.0500. The second-order valence-electron chi connectivity index (χ2n) is 34.4. The zero-order valence-corrected chi connectivity index (χ0v) is 71.8. The molecular weight excluding hydrogens is 1570 g/mol. The number of hydrogen-bond donors (Lipinski definition) is 0. The highest BCUT2D eigenvalue weighted by Gasteiger charge is 2.36. The van der Waals surface area contributed by atoms with Crippen LogP contribution in [0.5, 0.6) is 0 Å². The average Bonchev–Trinajstić information content (AvgIpc) is 1.70. The summed E-state index contributed by atoms with van der Waals surface area (Å²) in [5.41, 5.74) is 41.2. The van der Waals surface area contributed by atoms with Gasteiger partial charge in [0, 0.05) is 113 Å². The molecule has 23 aromatic rings. The van der Waals surface area contributed by atoms with Gasteiger partial charge in [-0.15, -0.1) is 0 Å². The second kappa shape index (κ2) is 30.7. The van der Waals surface area contributed by atoms with E-state index in [9.17, 15) is 0 Å². The molecule has 2 aliphatic heterocycles. The van der Waals surface area contributed by atoms with Gasteiger partial charge in [-0.1, -0.05) is 275 Å². The fourth-order valence-electron chi connectivity index (χ4n) is 20.4. The normalized spacial score (nSPS) is 12.6. The zero-order chi connectivity index (χ0) is 86.1. The number of pyridine rings is 4. The third-order valence-corrected chi connectivity index (χ3v) is 26.8. The van der Waals surface area contributed by atoms with Crippen molar-refractivity contribution in [3.8, 4) is 112 Å². The first kappa shape index (κ1) is 76.1. The summed E-state index contributed by atoms with van der Waals surface area (Å²) in [5.74, 6) is 0.958. The van der Waals surface area contributed by atoms with Crippen LogP contribution in [0.4, 0.5) is 34.1 Å². The van der Waals surface area contributed by atoms with E-state index < -0.39 is 0 Å². The Kier molecular flexibility index (Phi) is 18.1. The summed E-state index contributed by atoms with van der Waals surface area (Å²) in [6.07, 6.45) is 8.10. The maximum absolute atomic E-state index is 6.26. The van der Waals surface area contributed by atoms with E-state index >= 15 is 0 Å². The summed E-state index contributed by atoms with van der Waals surface area (Å²) in [7, 11) is 0. The van der Waals surface area contributed by atoms with Crippen LogP contribution in [0.3, 0.4) is 0 Å². The van der Waals surface area contributed by atoms with Crippen molar-refractivity contribution >= 4 is 110 Å². The second-order valence-corrected chi connectivity index (χ2v) is 34.4. The molecule has 0 radical (unpaired) electrons. The molecule has 0 bridgehead atoms. The summed E-state index contributed by atoms with van der Waals surface area (Å²) < 4.78 is 10.9. The molecule has 3 aliphatic rings. The molecule has 0 fully saturated rings. The molecule has 26 rings (SSSR count). The van der Waals surface area contributed by atoms with Crippen LogP contribution in [0, 0.1) is 20.8 Å². The van der Waals surface area contributed by atoms with Gasteiger partial charge in [-0.25, -0.2) is 9.97 Å². The smallest absolute Gasteiger partial charge is 0.136 e. The van der Waals surface area contributed by atoms with E-state index in [1.807, 2.05) is 43.6 Å². The van der Waals surface area contributed by atoms with Gasteiger partial charge in [-0.2, -0.15) is 0 Å². The van der Waals surface area contributed by atoms with Gasteiger partial charge in [0.05, 0.1) is 84.5 Å². The lowest BCUT2D eigenvalue weighted by Crippen LogP contribution is -2.20. The van der Waals surface area contributed by atoms with Gasteiger partial charge in [-0.05, 0) is 226 Å².